The van der Waals surface area contributed by atoms with Crippen LogP contribution in [0.1, 0.15) is 0 Å². The van der Waals surface area contributed by atoms with Gasteiger partial charge in [-0.3, -0.25) is 4.98 Å². The zero-order valence-corrected chi connectivity index (χ0v) is 12.6. The number of ether oxygens (including phenoxy) is 1. The Labute approximate surface area is 129 Å². The van der Waals surface area contributed by atoms with Crippen LogP contribution in [0.4, 0.5) is 11.5 Å². The number of anilines is 2. The smallest absolute Gasteiger partial charge is 0.149 e. The molecule has 1 aliphatic heterocycles. The van der Waals surface area contributed by atoms with E-state index in [2.05, 4.69) is 31.9 Å². The molecule has 5 nitrogen and oxygen atoms in total. The van der Waals surface area contributed by atoms with Crippen molar-refractivity contribution in [3.63, 3.8) is 0 Å². The molecule has 0 amide bonds. The lowest BCUT2D eigenvalue weighted by Crippen LogP contribution is -2.46. The summed E-state index contributed by atoms with van der Waals surface area (Å²) in [4.78, 5) is 13.0. The summed E-state index contributed by atoms with van der Waals surface area (Å²) in [5.74, 6) is 1.73. The number of hydrogen-bond acceptors (Lipinski definition) is 5. The lowest BCUT2D eigenvalue weighted by atomic mass is 10.2. The van der Waals surface area contributed by atoms with Crippen LogP contribution in [-0.2, 0) is 0 Å². The predicted octanol–water partition coefficient (Wildman–Crippen LogP) is 2.47. The molecule has 21 heavy (non-hydrogen) atoms. The van der Waals surface area contributed by atoms with Crippen LogP contribution in [-0.4, -0.2) is 43.3 Å². The largest absolute Gasteiger partial charge is 0.497 e. The molecule has 0 spiro atoms. The summed E-state index contributed by atoms with van der Waals surface area (Å²) in [6.45, 7) is 3.65. The molecule has 0 radical (unpaired) electrons. The Balaban J connectivity index is 1.67. The first-order valence-electron chi connectivity index (χ1n) is 6.88. The molecule has 1 aliphatic rings. The molecule has 2 heterocycles. The molecule has 3 rings (SSSR count). The summed E-state index contributed by atoms with van der Waals surface area (Å²) in [6, 6.07) is 8.15. The monoisotopic (exact) mass is 304 g/mol. The minimum atomic E-state index is 0.433. The number of nitrogens with zero attached hydrogens (tertiary/aromatic N) is 4. The van der Waals surface area contributed by atoms with Gasteiger partial charge in [-0.05, 0) is 12.1 Å². The molecule has 1 saturated heterocycles. The number of halogens is 1. The van der Waals surface area contributed by atoms with Crippen molar-refractivity contribution < 1.29 is 4.74 Å². The second kappa shape index (κ2) is 6.18. The van der Waals surface area contributed by atoms with E-state index >= 15 is 0 Å². The van der Waals surface area contributed by atoms with Crippen molar-refractivity contribution in [1.29, 1.82) is 0 Å². The van der Waals surface area contributed by atoms with E-state index in [1.54, 1.807) is 19.5 Å². The molecule has 0 bridgehead atoms. The highest BCUT2D eigenvalue weighted by atomic mass is 35.5. The van der Waals surface area contributed by atoms with Crippen molar-refractivity contribution >= 4 is 23.1 Å². The second-order valence-electron chi connectivity index (χ2n) is 4.88. The molecule has 0 saturated carbocycles. The van der Waals surface area contributed by atoms with Crippen LogP contribution in [0.25, 0.3) is 0 Å². The summed E-state index contributed by atoms with van der Waals surface area (Å²) in [5, 5.41) is 0.433. The van der Waals surface area contributed by atoms with Crippen molar-refractivity contribution in [3.8, 4) is 5.75 Å². The Hall–Kier alpha value is -2.01. The van der Waals surface area contributed by atoms with Gasteiger partial charge in [0.05, 0.1) is 19.5 Å². The molecular formula is C15H17ClN4O. The third kappa shape index (κ3) is 3.19. The average Bonchev–Trinajstić information content (AvgIpc) is 2.55. The summed E-state index contributed by atoms with van der Waals surface area (Å²) < 4.78 is 5.28. The van der Waals surface area contributed by atoms with Gasteiger partial charge in [-0.2, -0.15) is 0 Å². The second-order valence-corrected chi connectivity index (χ2v) is 5.26. The van der Waals surface area contributed by atoms with E-state index in [0.29, 0.717) is 5.15 Å². The molecular weight excluding hydrogens is 288 g/mol. The topological polar surface area (TPSA) is 41.5 Å². The minimum absolute atomic E-state index is 0.433. The molecule has 1 aromatic heterocycles. The van der Waals surface area contributed by atoms with E-state index in [1.165, 1.54) is 5.69 Å². The maximum Gasteiger partial charge on any atom is 0.149 e. The van der Waals surface area contributed by atoms with Gasteiger partial charge in [-0.15, -0.1) is 0 Å². The SMILES string of the molecule is COc1cccc(N2CCN(c3cncc(Cl)n3)CC2)c1. The minimum Gasteiger partial charge on any atom is -0.497 e. The van der Waals surface area contributed by atoms with Gasteiger partial charge < -0.3 is 14.5 Å². The van der Waals surface area contributed by atoms with Crippen LogP contribution in [0, 0.1) is 0 Å². The lowest BCUT2D eigenvalue weighted by molar-refractivity contribution is 0.414. The van der Waals surface area contributed by atoms with Crippen LogP contribution in [0.2, 0.25) is 5.15 Å². The number of piperazine rings is 1. The number of benzene rings is 1. The molecule has 1 fully saturated rings. The molecule has 2 aromatic rings. The summed E-state index contributed by atoms with van der Waals surface area (Å²) in [6.07, 6.45) is 3.31. The molecule has 0 atom stereocenters. The average molecular weight is 305 g/mol. The molecule has 110 valence electrons. The van der Waals surface area contributed by atoms with Gasteiger partial charge in [0, 0.05) is 37.9 Å². The van der Waals surface area contributed by atoms with Crippen molar-refractivity contribution in [2.24, 2.45) is 0 Å². The molecule has 1 aromatic carbocycles. The first-order valence-corrected chi connectivity index (χ1v) is 7.25. The van der Waals surface area contributed by atoms with Crippen molar-refractivity contribution in [3.05, 3.63) is 41.8 Å². The Morgan fingerprint density at radius 1 is 1.10 bits per heavy atom. The zero-order valence-electron chi connectivity index (χ0n) is 11.9. The van der Waals surface area contributed by atoms with E-state index in [-0.39, 0.29) is 0 Å². The summed E-state index contributed by atoms with van der Waals surface area (Å²) >= 11 is 5.90. The summed E-state index contributed by atoms with van der Waals surface area (Å²) in [7, 11) is 1.69. The van der Waals surface area contributed by atoms with Crippen LogP contribution in [0.3, 0.4) is 0 Å². The van der Waals surface area contributed by atoms with Gasteiger partial charge >= 0.3 is 0 Å². The molecule has 6 heteroatoms. The van der Waals surface area contributed by atoms with E-state index in [1.807, 2.05) is 12.1 Å². The highest BCUT2D eigenvalue weighted by molar-refractivity contribution is 6.29. The standard InChI is InChI=1S/C15H17ClN4O/c1-21-13-4-2-3-12(9-13)19-5-7-20(8-6-19)15-11-17-10-14(16)18-15/h2-4,9-11H,5-8H2,1H3. The van der Waals surface area contributed by atoms with E-state index in [4.69, 9.17) is 16.3 Å². The molecule has 0 aliphatic carbocycles. The van der Waals surface area contributed by atoms with Gasteiger partial charge in [-0.25, -0.2) is 4.98 Å². The van der Waals surface area contributed by atoms with Gasteiger partial charge in [0.2, 0.25) is 0 Å². The van der Waals surface area contributed by atoms with Gasteiger partial charge in [0.1, 0.15) is 16.7 Å². The fourth-order valence-electron chi connectivity index (χ4n) is 2.49. The fourth-order valence-corrected chi connectivity index (χ4v) is 2.63. The number of methoxy groups -OCH3 is 1. The fraction of sp³-hybridized carbons (Fsp3) is 0.333. The maximum atomic E-state index is 5.90. The molecule has 0 unspecified atom stereocenters. The normalized spacial score (nSPS) is 15.1. The van der Waals surface area contributed by atoms with E-state index < -0.39 is 0 Å². The van der Waals surface area contributed by atoms with Crippen molar-refractivity contribution in [1.82, 2.24) is 9.97 Å². The Morgan fingerprint density at radius 2 is 1.86 bits per heavy atom. The third-order valence-corrected chi connectivity index (χ3v) is 3.80. The van der Waals surface area contributed by atoms with Gasteiger partial charge in [0.15, 0.2) is 0 Å². The highest BCUT2D eigenvalue weighted by Crippen LogP contribution is 2.23. The van der Waals surface area contributed by atoms with Crippen molar-refractivity contribution in [2.75, 3.05) is 43.1 Å². The van der Waals surface area contributed by atoms with Crippen molar-refractivity contribution in [2.45, 2.75) is 0 Å². The lowest BCUT2D eigenvalue weighted by Gasteiger charge is -2.36. The van der Waals surface area contributed by atoms with Crippen LogP contribution in [0.5, 0.6) is 5.75 Å². The van der Waals surface area contributed by atoms with E-state index in [0.717, 1.165) is 37.7 Å². The summed E-state index contributed by atoms with van der Waals surface area (Å²) in [5.41, 5.74) is 1.19. The zero-order chi connectivity index (χ0) is 14.7. The first kappa shape index (κ1) is 13.9. The predicted molar refractivity (Wildman–Crippen MR) is 84.5 cm³/mol. The Morgan fingerprint density at radius 3 is 2.57 bits per heavy atom. The Kier molecular flexibility index (Phi) is 4.10. The highest BCUT2D eigenvalue weighted by Gasteiger charge is 2.19. The number of hydrogen-bond donors (Lipinski definition) is 0. The Bertz CT molecular complexity index is 614. The van der Waals surface area contributed by atoms with Crippen LogP contribution in [0.15, 0.2) is 36.7 Å². The maximum absolute atomic E-state index is 5.90. The first-order chi connectivity index (χ1) is 10.3. The quantitative estimate of drug-likeness (QED) is 0.871. The van der Waals surface area contributed by atoms with Crippen LogP contribution >= 0.6 is 11.6 Å². The van der Waals surface area contributed by atoms with Gasteiger partial charge in [0.25, 0.3) is 0 Å². The van der Waals surface area contributed by atoms with E-state index in [9.17, 15) is 0 Å². The molecule has 0 N–H and O–H groups in total. The van der Waals surface area contributed by atoms with Gasteiger partial charge in [-0.1, -0.05) is 17.7 Å². The van der Waals surface area contributed by atoms with Crippen LogP contribution < -0.4 is 14.5 Å². The number of aromatic nitrogens is 2. The third-order valence-electron chi connectivity index (χ3n) is 3.61. The number of rotatable bonds is 3.